The van der Waals surface area contributed by atoms with Gasteiger partial charge in [-0.05, 0) is 43.2 Å². The molecule has 1 unspecified atom stereocenters. The van der Waals surface area contributed by atoms with E-state index in [1.807, 2.05) is 0 Å². The van der Waals surface area contributed by atoms with Gasteiger partial charge in [-0.1, -0.05) is 0 Å². The van der Waals surface area contributed by atoms with Crippen molar-refractivity contribution in [3.8, 4) is 17.1 Å². The monoisotopic (exact) mass is 433 g/mol. The third-order valence-electron chi connectivity index (χ3n) is 5.20. The number of carbonyl (C=O) groups excluding carboxylic acids is 1. The van der Waals surface area contributed by atoms with Crippen LogP contribution in [-0.2, 0) is 16.6 Å². The molecule has 31 heavy (non-hydrogen) atoms. The molecule has 0 fully saturated rings. The zero-order valence-electron chi connectivity index (χ0n) is 16.8. The predicted octanol–water partition coefficient (Wildman–Crippen LogP) is 2.88. The van der Waals surface area contributed by atoms with Crippen LogP contribution in [0, 0.1) is 6.92 Å². The second kappa shape index (κ2) is 7.25. The Morgan fingerprint density at radius 2 is 2.06 bits per heavy atom. The van der Waals surface area contributed by atoms with E-state index in [2.05, 4.69) is 15.1 Å². The van der Waals surface area contributed by atoms with E-state index in [4.69, 9.17) is 4.74 Å². The van der Waals surface area contributed by atoms with Gasteiger partial charge in [-0.25, -0.2) is 14.0 Å². The second-order valence-electron chi connectivity index (χ2n) is 7.19. The van der Waals surface area contributed by atoms with Gasteiger partial charge in [0.15, 0.2) is 0 Å². The second-order valence-corrected chi connectivity index (χ2v) is 7.19. The summed E-state index contributed by atoms with van der Waals surface area (Å²) < 4.78 is 47.2. The first-order valence-electron chi connectivity index (χ1n) is 9.28. The van der Waals surface area contributed by atoms with Crippen molar-refractivity contribution < 1.29 is 22.7 Å². The number of esters is 1. The Labute approximate surface area is 174 Å². The van der Waals surface area contributed by atoms with E-state index >= 15 is 0 Å². The first-order chi connectivity index (χ1) is 14.6. The maximum Gasteiger partial charge on any atom is 0.412 e. The number of hydrogen-bond acceptors (Lipinski definition) is 5. The summed E-state index contributed by atoms with van der Waals surface area (Å²) in [5.41, 5.74) is 0.874. The van der Waals surface area contributed by atoms with Crippen LogP contribution in [0.15, 0.2) is 34.8 Å². The van der Waals surface area contributed by atoms with Gasteiger partial charge in [0, 0.05) is 18.3 Å². The Bertz CT molecular complexity index is 1250. The molecule has 1 aliphatic carbocycles. The van der Waals surface area contributed by atoms with Crippen LogP contribution in [0.3, 0.4) is 0 Å². The predicted molar refractivity (Wildman–Crippen MR) is 105 cm³/mol. The van der Waals surface area contributed by atoms with Crippen LogP contribution in [0.5, 0.6) is 0 Å². The van der Waals surface area contributed by atoms with Crippen molar-refractivity contribution in [2.24, 2.45) is 7.05 Å². The van der Waals surface area contributed by atoms with E-state index in [9.17, 15) is 22.8 Å². The minimum Gasteiger partial charge on any atom is -0.468 e. The van der Waals surface area contributed by atoms with Crippen LogP contribution in [0.1, 0.15) is 29.4 Å². The molecule has 0 bridgehead atoms. The SMILES string of the molecule is COC(=O)C1CC(C(F)(F)F)=Cc2cc(-c3ccc(-n4c(C)nn(C)c4=O)cn3)[nH]c21. The molecule has 4 rings (SSSR count). The van der Waals surface area contributed by atoms with E-state index in [1.165, 1.54) is 28.6 Å². The number of halogens is 3. The minimum atomic E-state index is -4.55. The van der Waals surface area contributed by atoms with Gasteiger partial charge < -0.3 is 9.72 Å². The molecule has 8 nitrogen and oxygen atoms in total. The molecule has 0 amide bonds. The number of fused-ring (bicyclic) bond motifs is 1. The van der Waals surface area contributed by atoms with Crippen LogP contribution < -0.4 is 5.69 Å². The van der Waals surface area contributed by atoms with E-state index in [-0.39, 0.29) is 11.3 Å². The fraction of sp³-hybridized carbons (Fsp3) is 0.300. The maximum absolute atomic E-state index is 13.3. The summed E-state index contributed by atoms with van der Waals surface area (Å²) in [4.78, 5) is 31.7. The van der Waals surface area contributed by atoms with Crippen molar-refractivity contribution in [2.75, 3.05) is 7.11 Å². The molecule has 0 spiro atoms. The molecule has 1 N–H and O–H groups in total. The smallest absolute Gasteiger partial charge is 0.412 e. The van der Waals surface area contributed by atoms with Crippen molar-refractivity contribution in [3.05, 3.63) is 57.5 Å². The van der Waals surface area contributed by atoms with Crippen molar-refractivity contribution in [3.63, 3.8) is 0 Å². The summed E-state index contributed by atoms with van der Waals surface area (Å²) in [5.74, 6) is -1.35. The molecule has 3 heterocycles. The summed E-state index contributed by atoms with van der Waals surface area (Å²) in [6.45, 7) is 1.69. The normalized spacial score (nSPS) is 16.1. The number of H-pyrrole nitrogens is 1. The number of carbonyl (C=O) groups is 1. The lowest BCUT2D eigenvalue weighted by Crippen LogP contribution is -2.23. The molecule has 162 valence electrons. The number of aromatic amines is 1. The Balaban J connectivity index is 1.74. The van der Waals surface area contributed by atoms with E-state index in [1.54, 1.807) is 19.1 Å². The van der Waals surface area contributed by atoms with Crippen LogP contribution >= 0.6 is 0 Å². The van der Waals surface area contributed by atoms with E-state index in [0.29, 0.717) is 28.6 Å². The highest BCUT2D eigenvalue weighted by molar-refractivity contribution is 5.83. The van der Waals surface area contributed by atoms with Gasteiger partial charge in [0.1, 0.15) is 11.7 Å². The number of nitrogens with one attached hydrogen (secondary N) is 1. The molecule has 0 saturated carbocycles. The quantitative estimate of drug-likeness (QED) is 0.641. The van der Waals surface area contributed by atoms with E-state index in [0.717, 1.165) is 13.2 Å². The van der Waals surface area contributed by atoms with Crippen molar-refractivity contribution in [1.29, 1.82) is 0 Å². The fourth-order valence-electron chi connectivity index (χ4n) is 3.70. The minimum absolute atomic E-state index is 0.258. The van der Waals surface area contributed by atoms with E-state index < -0.39 is 30.1 Å². The highest BCUT2D eigenvalue weighted by Gasteiger charge is 2.41. The summed E-state index contributed by atoms with van der Waals surface area (Å²) in [6, 6.07) is 4.81. The van der Waals surface area contributed by atoms with Crippen LogP contribution in [0.2, 0.25) is 0 Å². The zero-order chi connectivity index (χ0) is 22.5. The molecular formula is C20H18F3N5O3. The summed E-state index contributed by atoms with van der Waals surface area (Å²) >= 11 is 0. The van der Waals surface area contributed by atoms with Gasteiger partial charge >= 0.3 is 17.8 Å². The van der Waals surface area contributed by atoms with Crippen molar-refractivity contribution >= 4 is 12.0 Å². The summed E-state index contributed by atoms with van der Waals surface area (Å²) in [6.07, 6.45) is -2.55. The third kappa shape index (κ3) is 3.56. The highest BCUT2D eigenvalue weighted by atomic mass is 19.4. The molecule has 11 heteroatoms. The lowest BCUT2D eigenvalue weighted by atomic mass is 9.87. The molecule has 3 aromatic heterocycles. The molecule has 0 aliphatic heterocycles. The van der Waals surface area contributed by atoms with Crippen LogP contribution in [0.25, 0.3) is 23.2 Å². The summed E-state index contributed by atoms with van der Waals surface area (Å²) in [7, 11) is 2.68. The zero-order valence-corrected chi connectivity index (χ0v) is 16.8. The van der Waals surface area contributed by atoms with Crippen molar-refractivity contribution in [2.45, 2.75) is 25.4 Å². The molecular weight excluding hydrogens is 415 g/mol. The van der Waals surface area contributed by atoms with Crippen LogP contribution in [-0.4, -0.2) is 43.6 Å². The number of pyridine rings is 1. The number of ether oxygens (including phenoxy) is 1. The lowest BCUT2D eigenvalue weighted by Gasteiger charge is -2.22. The average molecular weight is 433 g/mol. The largest absolute Gasteiger partial charge is 0.468 e. The van der Waals surface area contributed by atoms with Gasteiger partial charge in [-0.2, -0.15) is 18.3 Å². The number of allylic oxidation sites excluding steroid dienone is 1. The average Bonchev–Trinajstić information content (AvgIpc) is 3.26. The number of aromatic nitrogens is 5. The fourth-order valence-corrected chi connectivity index (χ4v) is 3.70. The van der Waals surface area contributed by atoms with Gasteiger partial charge in [-0.3, -0.25) is 9.78 Å². The number of methoxy groups -OCH3 is 1. The molecule has 1 aliphatic rings. The molecule has 0 radical (unpaired) electrons. The van der Waals surface area contributed by atoms with Gasteiger partial charge in [0.25, 0.3) is 0 Å². The number of rotatable bonds is 3. The van der Waals surface area contributed by atoms with Gasteiger partial charge in [0.2, 0.25) is 0 Å². The maximum atomic E-state index is 13.3. The number of nitrogens with zero attached hydrogens (tertiary/aromatic N) is 4. The molecule has 0 aromatic carbocycles. The first kappa shape index (κ1) is 20.6. The number of hydrogen-bond donors (Lipinski definition) is 1. The Morgan fingerprint density at radius 3 is 2.61 bits per heavy atom. The van der Waals surface area contributed by atoms with Crippen LogP contribution in [0.4, 0.5) is 13.2 Å². The molecule has 1 atom stereocenters. The topological polar surface area (TPSA) is 94.8 Å². The number of aryl methyl sites for hydroxylation is 2. The van der Waals surface area contributed by atoms with Crippen molar-refractivity contribution in [1.82, 2.24) is 24.3 Å². The standard InChI is InChI=1S/C20H18F3N5O3/c1-10-26-27(2)19(30)28(10)13-4-5-15(24-9-13)16-7-11-6-12(20(21,22)23)8-14(17(11)25-16)18(29)31-3/h4-7,9,14,25H,8H2,1-3H3. The van der Waals surface area contributed by atoms with Gasteiger partial charge in [-0.15, -0.1) is 0 Å². The Morgan fingerprint density at radius 1 is 1.32 bits per heavy atom. The summed E-state index contributed by atoms with van der Waals surface area (Å²) in [5, 5.41) is 4.06. The lowest BCUT2D eigenvalue weighted by molar-refractivity contribution is -0.143. The molecule has 0 saturated heterocycles. The third-order valence-corrected chi connectivity index (χ3v) is 5.20. The van der Waals surface area contributed by atoms with Gasteiger partial charge in [0.05, 0.1) is 30.4 Å². The molecule has 3 aromatic rings. The Hall–Kier alpha value is -3.63. The first-order valence-corrected chi connectivity index (χ1v) is 9.28. The highest BCUT2D eigenvalue weighted by Crippen LogP contribution is 2.42. The Kier molecular flexibility index (Phi) is 4.83. The number of alkyl halides is 3.